The molecule has 128 valence electrons. The van der Waals surface area contributed by atoms with Gasteiger partial charge in [0.1, 0.15) is 0 Å². The van der Waals surface area contributed by atoms with E-state index in [2.05, 4.69) is 35.0 Å². The van der Waals surface area contributed by atoms with Crippen LogP contribution in [0.2, 0.25) is 0 Å². The monoisotopic (exact) mass is 326 g/mol. The first-order valence-corrected chi connectivity index (χ1v) is 8.87. The van der Waals surface area contributed by atoms with Crippen LogP contribution in [0.1, 0.15) is 32.3 Å². The fourth-order valence-corrected chi connectivity index (χ4v) is 3.69. The predicted molar refractivity (Wildman–Crippen MR) is 94.7 cm³/mol. The van der Waals surface area contributed by atoms with Crippen molar-refractivity contribution >= 4 is 11.6 Å². The second-order valence-corrected chi connectivity index (χ2v) is 7.07. The Morgan fingerprint density at radius 1 is 1.21 bits per heavy atom. The number of benzene rings is 1. The summed E-state index contributed by atoms with van der Waals surface area (Å²) >= 11 is 0. The number of piperidine rings is 1. The van der Waals surface area contributed by atoms with Crippen molar-refractivity contribution in [3.05, 3.63) is 29.8 Å². The van der Waals surface area contributed by atoms with Crippen LogP contribution in [0.25, 0.3) is 0 Å². The van der Waals surface area contributed by atoms with Crippen molar-refractivity contribution in [2.45, 2.75) is 38.8 Å². The number of piperazine rings is 1. The number of anilines is 1. The Hall–Kier alpha value is -2.06. The molecule has 0 spiro atoms. The van der Waals surface area contributed by atoms with Gasteiger partial charge in [-0.15, -0.1) is 0 Å². The van der Waals surface area contributed by atoms with Crippen LogP contribution in [-0.4, -0.2) is 49.1 Å². The fourth-order valence-electron chi connectivity index (χ4n) is 3.69. The van der Waals surface area contributed by atoms with Gasteiger partial charge in [0.05, 0.1) is 11.6 Å². The van der Waals surface area contributed by atoms with Gasteiger partial charge in [0.25, 0.3) is 0 Å². The lowest BCUT2D eigenvalue weighted by Gasteiger charge is -2.41. The number of carbonyl (C=O) groups is 1. The van der Waals surface area contributed by atoms with Crippen LogP contribution in [0.15, 0.2) is 24.3 Å². The standard InChI is InChI=1S/C19H26N4O/c1-14-13-23(15(2)12-21-14)19(24)17-7-9-22(10-8-17)18-5-3-16(11-20)4-6-18/h3-6,14-15,17,21H,7-10,12-13H2,1-2H3/t14-,15+/m1/s1. The topological polar surface area (TPSA) is 59.4 Å². The molecule has 5 heteroatoms. The quantitative estimate of drug-likeness (QED) is 0.903. The zero-order valence-corrected chi connectivity index (χ0v) is 14.5. The number of hydrogen-bond donors (Lipinski definition) is 1. The number of hydrogen-bond acceptors (Lipinski definition) is 4. The molecule has 3 rings (SSSR count). The van der Waals surface area contributed by atoms with Gasteiger partial charge in [0.2, 0.25) is 5.91 Å². The largest absolute Gasteiger partial charge is 0.371 e. The van der Waals surface area contributed by atoms with Crippen LogP contribution in [0.4, 0.5) is 5.69 Å². The van der Waals surface area contributed by atoms with Crippen molar-refractivity contribution in [2.75, 3.05) is 31.1 Å². The van der Waals surface area contributed by atoms with Gasteiger partial charge in [-0.1, -0.05) is 0 Å². The lowest BCUT2D eigenvalue weighted by atomic mass is 9.93. The van der Waals surface area contributed by atoms with E-state index in [9.17, 15) is 4.79 Å². The van der Waals surface area contributed by atoms with Crippen LogP contribution in [0, 0.1) is 17.2 Å². The van der Waals surface area contributed by atoms with Gasteiger partial charge in [0.15, 0.2) is 0 Å². The zero-order chi connectivity index (χ0) is 17.1. The summed E-state index contributed by atoms with van der Waals surface area (Å²) in [5.41, 5.74) is 1.83. The molecule has 2 heterocycles. The third-order valence-electron chi connectivity index (χ3n) is 5.25. The maximum Gasteiger partial charge on any atom is 0.226 e. The zero-order valence-electron chi connectivity index (χ0n) is 14.5. The summed E-state index contributed by atoms with van der Waals surface area (Å²) in [6.07, 6.45) is 1.81. The molecule has 1 aromatic carbocycles. The average Bonchev–Trinajstić information content (AvgIpc) is 2.63. The predicted octanol–water partition coefficient (Wildman–Crippen LogP) is 1.98. The Kier molecular flexibility index (Phi) is 5.06. The molecule has 0 unspecified atom stereocenters. The van der Waals surface area contributed by atoms with Gasteiger partial charge in [0, 0.05) is 49.9 Å². The first-order valence-electron chi connectivity index (χ1n) is 8.87. The van der Waals surface area contributed by atoms with Crippen molar-refractivity contribution in [3.8, 4) is 6.07 Å². The van der Waals surface area contributed by atoms with E-state index < -0.39 is 0 Å². The van der Waals surface area contributed by atoms with Gasteiger partial charge < -0.3 is 15.1 Å². The highest BCUT2D eigenvalue weighted by Gasteiger charge is 2.33. The second kappa shape index (κ2) is 7.23. The lowest BCUT2D eigenvalue weighted by molar-refractivity contribution is -0.139. The van der Waals surface area contributed by atoms with E-state index in [4.69, 9.17) is 5.26 Å². The summed E-state index contributed by atoms with van der Waals surface area (Å²) in [5, 5.41) is 12.3. The summed E-state index contributed by atoms with van der Waals surface area (Å²) < 4.78 is 0. The molecular weight excluding hydrogens is 300 g/mol. The van der Waals surface area contributed by atoms with E-state index in [1.807, 2.05) is 24.3 Å². The van der Waals surface area contributed by atoms with Gasteiger partial charge in [-0.3, -0.25) is 4.79 Å². The summed E-state index contributed by atoms with van der Waals surface area (Å²) in [4.78, 5) is 17.3. The van der Waals surface area contributed by atoms with Gasteiger partial charge >= 0.3 is 0 Å². The van der Waals surface area contributed by atoms with Crippen LogP contribution in [-0.2, 0) is 4.79 Å². The number of nitrogens with zero attached hydrogens (tertiary/aromatic N) is 3. The molecule has 0 aliphatic carbocycles. The van der Waals surface area contributed by atoms with Crippen molar-refractivity contribution < 1.29 is 4.79 Å². The molecule has 1 N–H and O–H groups in total. The third kappa shape index (κ3) is 3.54. The maximum atomic E-state index is 12.9. The molecule has 5 nitrogen and oxygen atoms in total. The Morgan fingerprint density at radius 3 is 2.50 bits per heavy atom. The summed E-state index contributed by atoms with van der Waals surface area (Å²) in [7, 11) is 0. The molecule has 0 aromatic heterocycles. The number of carbonyl (C=O) groups excluding carboxylic acids is 1. The first kappa shape index (κ1) is 16.8. The van der Waals surface area contributed by atoms with E-state index in [1.165, 1.54) is 0 Å². The molecule has 2 saturated heterocycles. The number of nitriles is 1. The van der Waals surface area contributed by atoms with E-state index in [0.29, 0.717) is 17.5 Å². The van der Waals surface area contributed by atoms with Gasteiger partial charge in [-0.2, -0.15) is 5.26 Å². The van der Waals surface area contributed by atoms with Gasteiger partial charge in [-0.05, 0) is 51.0 Å². The molecule has 24 heavy (non-hydrogen) atoms. The van der Waals surface area contributed by atoms with Crippen molar-refractivity contribution in [1.82, 2.24) is 10.2 Å². The maximum absolute atomic E-state index is 12.9. The van der Waals surface area contributed by atoms with E-state index in [-0.39, 0.29) is 12.0 Å². The Bertz CT molecular complexity index is 613. The average molecular weight is 326 g/mol. The molecular formula is C19H26N4O. The van der Waals surface area contributed by atoms with E-state index >= 15 is 0 Å². The van der Waals surface area contributed by atoms with Crippen molar-refractivity contribution in [3.63, 3.8) is 0 Å². The lowest BCUT2D eigenvalue weighted by Crippen LogP contribution is -2.58. The molecule has 0 radical (unpaired) electrons. The van der Waals surface area contributed by atoms with Crippen LogP contribution >= 0.6 is 0 Å². The fraction of sp³-hybridized carbons (Fsp3) is 0.579. The van der Waals surface area contributed by atoms with Crippen molar-refractivity contribution in [1.29, 1.82) is 5.26 Å². The molecule has 1 amide bonds. The second-order valence-electron chi connectivity index (χ2n) is 7.07. The highest BCUT2D eigenvalue weighted by Crippen LogP contribution is 2.26. The first-order chi connectivity index (χ1) is 11.6. The molecule has 2 atom stereocenters. The highest BCUT2D eigenvalue weighted by atomic mass is 16.2. The molecule has 2 aliphatic heterocycles. The summed E-state index contributed by atoms with van der Waals surface area (Å²) in [6.45, 7) is 7.77. The Morgan fingerprint density at radius 2 is 1.88 bits per heavy atom. The van der Waals surface area contributed by atoms with Crippen molar-refractivity contribution in [2.24, 2.45) is 5.92 Å². The number of rotatable bonds is 2. The van der Waals surface area contributed by atoms with Crippen LogP contribution < -0.4 is 10.2 Å². The van der Waals surface area contributed by atoms with Crippen LogP contribution in [0.5, 0.6) is 0 Å². The normalized spacial score (nSPS) is 25.4. The third-order valence-corrected chi connectivity index (χ3v) is 5.25. The minimum atomic E-state index is 0.146. The Labute approximate surface area is 144 Å². The minimum absolute atomic E-state index is 0.146. The highest BCUT2D eigenvalue weighted by molar-refractivity contribution is 5.79. The summed E-state index contributed by atoms with van der Waals surface area (Å²) in [5.74, 6) is 0.475. The van der Waals surface area contributed by atoms with E-state index in [0.717, 1.165) is 44.7 Å². The number of amides is 1. The molecule has 0 saturated carbocycles. The SMILES string of the molecule is C[C@@H]1CN(C(=O)C2CCN(c3ccc(C#N)cc3)CC2)[C@@H](C)CN1. The Balaban J connectivity index is 1.58. The van der Waals surface area contributed by atoms with E-state index in [1.54, 1.807) is 0 Å². The molecule has 0 bridgehead atoms. The molecule has 2 fully saturated rings. The minimum Gasteiger partial charge on any atom is -0.371 e. The van der Waals surface area contributed by atoms with Crippen LogP contribution in [0.3, 0.4) is 0 Å². The van der Waals surface area contributed by atoms with Gasteiger partial charge in [-0.25, -0.2) is 0 Å². The number of nitrogens with one attached hydrogen (secondary N) is 1. The summed E-state index contributed by atoms with van der Waals surface area (Å²) in [6, 6.07) is 10.5. The smallest absolute Gasteiger partial charge is 0.226 e. The molecule has 2 aliphatic rings. The molecule has 1 aromatic rings.